The van der Waals surface area contributed by atoms with Gasteiger partial charge < -0.3 is 14.4 Å². The Labute approximate surface area is 132 Å². The molecule has 0 atom stereocenters. The Bertz CT molecular complexity index is 477. The first-order valence-electron chi connectivity index (χ1n) is 6.53. The van der Waals surface area contributed by atoms with E-state index >= 15 is 0 Å². The van der Waals surface area contributed by atoms with E-state index in [-0.39, 0.29) is 18.1 Å². The van der Waals surface area contributed by atoms with Gasteiger partial charge in [0.15, 0.2) is 6.29 Å². The summed E-state index contributed by atoms with van der Waals surface area (Å²) < 4.78 is 11.8. The van der Waals surface area contributed by atoms with E-state index in [1.165, 1.54) is 0 Å². The fourth-order valence-electron chi connectivity index (χ4n) is 2.17. The summed E-state index contributed by atoms with van der Waals surface area (Å²) in [5, 5.41) is 0. The first kappa shape index (κ1) is 15.8. The van der Waals surface area contributed by atoms with Crippen LogP contribution in [0.25, 0.3) is 0 Å². The molecule has 0 N–H and O–H groups in total. The van der Waals surface area contributed by atoms with Crippen LogP contribution in [0.4, 0.5) is 5.69 Å². The van der Waals surface area contributed by atoms with E-state index in [4.69, 9.17) is 21.1 Å². The minimum atomic E-state index is -0.379. The third-order valence-corrected chi connectivity index (χ3v) is 3.87. The molecule has 1 fully saturated rings. The highest BCUT2D eigenvalue weighted by Crippen LogP contribution is 2.26. The van der Waals surface area contributed by atoms with Crippen molar-refractivity contribution in [2.45, 2.75) is 19.6 Å². The number of hydrogen-bond acceptors (Lipinski definition) is 3. The molecule has 6 heteroatoms. The van der Waals surface area contributed by atoms with Crippen LogP contribution in [0.15, 0.2) is 22.7 Å². The molecule has 0 unspecified atom stereocenters. The average molecular weight is 363 g/mol. The smallest absolute Gasteiger partial charge is 0.242 e. The summed E-state index contributed by atoms with van der Waals surface area (Å²) in [5.41, 5.74) is 1.94. The standard InChI is InChI=1S/C14H17BrClNO3/c1-2-10-7-11(15)3-4-12(10)17(13(18)8-16)9-14-19-5-6-20-14/h3-4,7,14H,2,5-6,8-9H2,1H3. The normalized spacial score (nSPS) is 15.6. The van der Waals surface area contributed by atoms with Crippen LogP contribution in [-0.2, 0) is 20.7 Å². The molecule has 0 radical (unpaired) electrons. The quantitative estimate of drug-likeness (QED) is 0.756. The molecule has 0 aromatic heterocycles. The zero-order valence-corrected chi connectivity index (χ0v) is 13.6. The van der Waals surface area contributed by atoms with Crippen molar-refractivity contribution < 1.29 is 14.3 Å². The van der Waals surface area contributed by atoms with E-state index in [1.807, 2.05) is 18.2 Å². The average Bonchev–Trinajstić information content (AvgIpc) is 2.97. The highest BCUT2D eigenvalue weighted by molar-refractivity contribution is 9.10. The number of hydrogen-bond donors (Lipinski definition) is 0. The van der Waals surface area contributed by atoms with Crippen molar-refractivity contribution >= 4 is 39.1 Å². The molecule has 110 valence electrons. The Morgan fingerprint density at radius 1 is 1.45 bits per heavy atom. The third kappa shape index (κ3) is 3.73. The molecule has 2 rings (SSSR count). The van der Waals surface area contributed by atoms with Gasteiger partial charge >= 0.3 is 0 Å². The lowest BCUT2D eigenvalue weighted by atomic mass is 10.1. The number of anilines is 1. The highest BCUT2D eigenvalue weighted by atomic mass is 79.9. The minimum Gasteiger partial charge on any atom is -0.348 e. The largest absolute Gasteiger partial charge is 0.348 e. The van der Waals surface area contributed by atoms with Gasteiger partial charge in [-0.1, -0.05) is 22.9 Å². The number of benzene rings is 1. The monoisotopic (exact) mass is 361 g/mol. The van der Waals surface area contributed by atoms with Gasteiger partial charge in [0.1, 0.15) is 5.88 Å². The summed E-state index contributed by atoms with van der Waals surface area (Å²) in [6, 6.07) is 5.85. The fourth-order valence-corrected chi connectivity index (χ4v) is 2.72. The maximum atomic E-state index is 12.1. The van der Waals surface area contributed by atoms with Crippen molar-refractivity contribution in [3.05, 3.63) is 28.2 Å². The summed E-state index contributed by atoms with van der Waals surface area (Å²) in [6.45, 7) is 3.54. The molecule has 20 heavy (non-hydrogen) atoms. The molecule has 1 saturated heterocycles. The Kier molecular flexibility index (Phi) is 5.84. The van der Waals surface area contributed by atoms with Crippen LogP contribution in [0.1, 0.15) is 12.5 Å². The van der Waals surface area contributed by atoms with E-state index in [2.05, 4.69) is 22.9 Å². The van der Waals surface area contributed by atoms with Gasteiger partial charge in [0.25, 0.3) is 0 Å². The molecule has 1 aromatic rings. The molecule has 0 bridgehead atoms. The van der Waals surface area contributed by atoms with Gasteiger partial charge in [-0.05, 0) is 30.2 Å². The number of carbonyl (C=O) groups is 1. The lowest BCUT2D eigenvalue weighted by Crippen LogP contribution is -2.39. The van der Waals surface area contributed by atoms with E-state index in [0.29, 0.717) is 19.8 Å². The predicted molar refractivity (Wildman–Crippen MR) is 82.3 cm³/mol. The van der Waals surface area contributed by atoms with Crippen LogP contribution in [0.5, 0.6) is 0 Å². The topological polar surface area (TPSA) is 38.8 Å². The zero-order valence-electron chi connectivity index (χ0n) is 11.3. The minimum absolute atomic E-state index is 0.0636. The Morgan fingerprint density at radius 3 is 2.75 bits per heavy atom. The van der Waals surface area contributed by atoms with Crippen LogP contribution in [-0.4, -0.2) is 37.8 Å². The van der Waals surface area contributed by atoms with E-state index in [1.54, 1.807) is 4.90 Å². The number of alkyl halides is 1. The maximum Gasteiger partial charge on any atom is 0.242 e. The second-order valence-corrected chi connectivity index (χ2v) is 5.62. The third-order valence-electron chi connectivity index (χ3n) is 3.15. The Morgan fingerprint density at radius 2 is 2.15 bits per heavy atom. The summed E-state index contributed by atoms with van der Waals surface area (Å²) in [6.07, 6.45) is 0.447. The van der Waals surface area contributed by atoms with Crippen molar-refractivity contribution in [3.63, 3.8) is 0 Å². The van der Waals surface area contributed by atoms with Crippen LogP contribution in [0.2, 0.25) is 0 Å². The van der Waals surface area contributed by atoms with Crippen molar-refractivity contribution in [2.24, 2.45) is 0 Å². The Hall–Kier alpha value is -0.620. The summed E-state index contributed by atoms with van der Waals surface area (Å²) in [4.78, 5) is 13.8. The maximum absolute atomic E-state index is 12.1. The second-order valence-electron chi connectivity index (χ2n) is 4.44. The lowest BCUT2D eigenvalue weighted by molar-refractivity contribution is -0.117. The molecule has 1 aliphatic heterocycles. The number of halogens is 2. The number of rotatable bonds is 5. The predicted octanol–water partition coefficient (Wildman–Crippen LogP) is 2.96. The van der Waals surface area contributed by atoms with Gasteiger partial charge in [-0.25, -0.2) is 0 Å². The first-order valence-corrected chi connectivity index (χ1v) is 7.86. The molecule has 0 saturated carbocycles. The molecule has 0 aliphatic carbocycles. The molecular formula is C14H17BrClNO3. The molecule has 4 nitrogen and oxygen atoms in total. The van der Waals surface area contributed by atoms with Gasteiger partial charge in [0, 0.05) is 10.2 Å². The van der Waals surface area contributed by atoms with Gasteiger partial charge in [0.05, 0.1) is 19.8 Å². The van der Waals surface area contributed by atoms with E-state index in [9.17, 15) is 4.79 Å². The number of nitrogens with zero attached hydrogens (tertiary/aromatic N) is 1. The number of amides is 1. The summed E-state index contributed by atoms with van der Waals surface area (Å²) >= 11 is 9.18. The number of ether oxygens (including phenoxy) is 2. The van der Waals surface area contributed by atoms with E-state index in [0.717, 1.165) is 22.1 Å². The Balaban J connectivity index is 2.27. The molecule has 0 spiro atoms. The van der Waals surface area contributed by atoms with Crippen LogP contribution >= 0.6 is 27.5 Å². The molecule has 1 aromatic carbocycles. The fraction of sp³-hybridized carbons (Fsp3) is 0.500. The second kappa shape index (κ2) is 7.41. The first-order chi connectivity index (χ1) is 9.65. The molecular weight excluding hydrogens is 346 g/mol. The van der Waals surface area contributed by atoms with Crippen LogP contribution in [0, 0.1) is 0 Å². The van der Waals surface area contributed by atoms with Gasteiger partial charge in [0.2, 0.25) is 5.91 Å². The van der Waals surface area contributed by atoms with Crippen molar-refractivity contribution in [3.8, 4) is 0 Å². The van der Waals surface area contributed by atoms with Gasteiger partial charge in [-0.3, -0.25) is 4.79 Å². The summed E-state index contributed by atoms with van der Waals surface area (Å²) in [7, 11) is 0. The molecule has 1 aliphatic rings. The van der Waals surface area contributed by atoms with Crippen molar-refractivity contribution in [1.29, 1.82) is 0 Å². The summed E-state index contributed by atoms with van der Waals surface area (Å²) in [5.74, 6) is -0.214. The van der Waals surface area contributed by atoms with Crippen LogP contribution < -0.4 is 4.90 Å². The molecule has 1 amide bonds. The highest BCUT2D eigenvalue weighted by Gasteiger charge is 2.25. The zero-order chi connectivity index (χ0) is 14.5. The van der Waals surface area contributed by atoms with Gasteiger partial charge in [-0.2, -0.15) is 0 Å². The molecule has 1 heterocycles. The van der Waals surface area contributed by atoms with Gasteiger partial charge in [-0.15, -0.1) is 11.6 Å². The SMILES string of the molecule is CCc1cc(Br)ccc1N(CC1OCCO1)C(=O)CCl. The van der Waals surface area contributed by atoms with E-state index < -0.39 is 0 Å². The number of carbonyl (C=O) groups excluding carboxylic acids is 1. The number of aryl methyl sites for hydroxylation is 1. The van der Waals surface area contributed by atoms with Crippen molar-refractivity contribution in [2.75, 3.05) is 30.5 Å². The van der Waals surface area contributed by atoms with Crippen molar-refractivity contribution in [1.82, 2.24) is 0 Å². The lowest BCUT2D eigenvalue weighted by Gasteiger charge is -2.26. The van der Waals surface area contributed by atoms with Crippen LogP contribution in [0.3, 0.4) is 0 Å².